The molecule has 0 aliphatic rings. The molecule has 0 bridgehead atoms. The van der Waals surface area contributed by atoms with Crippen LogP contribution in [0.5, 0.6) is 0 Å². The summed E-state index contributed by atoms with van der Waals surface area (Å²) in [6.07, 6.45) is 1.44. The molecule has 4 aromatic rings. The summed E-state index contributed by atoms with van der Waals surface area (Å²) in [7, 11) is 1.69. The van der Waals surface area contributed by atoms with Gasteiger partial charge < -0.3 is 4.90 Å². The largest absolute Gasteiger partial charge is 0.332 e. The molecule has 0 fully saturated rings. The van der Waals surface area contributed by atoms with Crippen LogP contribution in [0.25, 0.3) is 16.6 Å². The van der Waals surface area contributed by atoms with Crippen molar-refractivity contribution in [1.82, 2.24) is 14.5 Å². The number of carbonyl (C=O) groups excluding carboxylic acids is 1. The average molecular weight is 444 g/mol. The highest BCUT2D eigenvalue weighted by Crippen LogP contribution is 2.26. The molecule has 0 N–H and O–H groups in total. The van der Waals surface area contributed by atoms with Crippen molar-refractivity contribution in [1.29, 1.82) is 0 Å². The third kappa shape index (κ3) is 4.29. The second-order valence-corrected chi connectivity index (χ2v) is 7.99. The van der Waals surface area contributed by atoms with Crippen molar-refractivity contribution < 1.29 is 9.18 Å². The normalized spacial score (nSPS) is 12.0. The maximum Gasteiger partial charge on any atom is 0.266 e. The minimum absolute atomic E-state index is 0.180. The number of nitrogens with zero attached hydrogens (tertiary/aromatic N) is 3. The van der Waals surface area contributed by atoms with Gasteiger partial charge in [0.25, 0.3) is 11.5 Å². The van der Waals surface area contributed by atoms with E-state index in [-0.39, 0.29) is 11.5 Å². The fourth-order valence-corrected chi connectivity index (χ4v) is 4.07. The number of aryl methyl sites for hydroxylation is 1. The minimum atomic E-state index is -0.467. The van der Waals surface area contributed by atoms with E-state index in [0.717, 1.165) is 12.0 Å². The number of para-hydroxylation sites is 1. The van der Waals surface area contributed by atoms with Crippen LogP contribution in [-0.2, 0) is 6.42 Å². The number of aromatic nitrogens is 2. The Bertz CT molecular complexity index is 1340. The van der Waals surface area contributed by atoms with Gasteiger partial charge in [-0.25, -0.2) is 9.37 Å². The van der Waals surface area contributed by atoms with E-state index in [2.05, 4.69) is 6.92 Å². The number of fused-ring (bicyclic) bond motifs is 1. The van der Waals surface area contributed by atoms with Crippen LogP contribution in [0.15, 0.2) is 77.6 Å². The van der Waals surface area contributed by atoms with Crippen LogP contribution in [0.3, 0.4) is 0 Å². The summed E-state index contributed by atoms with van der Waals surface area (Å²) in [5, 5.41) is 0.517. The summed E-state index contributed by atoms with van der Waals surface area (Å²) >= 11 is 0. The molecule has 1 aromatic heterocycles. The minimum Gasteiger partial charge on any atom is -0.332 e. The number of halogens is 1. The van der Waals surface area contributed by atoms with Gasteiger partial charge in [0.1, 0.15) is 11.6 Å². The topological polar surface area (TPSA) is 55.2 Å². The zero-order valence-electron chi connectivity index (χ0n) is 19.0. The van der Waals surface area contributed by atoms with Gasteiger partial charge in [-0.2, -0.15) is 0 Å². The fourth-order valence-electron chi connectivity index (χ4n) is 4.07. The molecule has 168 valence electrons. The molecule has 4 rings (SSSR count). The van der Waals surface area contributed by atoms with Crippen LogP contribution in [0.1, 0.15) is 48.1 Å². The first-order chi connectivity index (χ1) is 15.9. The van der Waals surface area contributed by atoms with Crippen LogP contribution in [0.2, 0.25) is 0 Å². The van der Waals surface area contributed by atoms with Crippen molar-refractivity contribution in [3.05, 3.63) is 106 Å². The quantitative estimate of drug-likeness (QED) is 0.406. The van der Waals surface area contributed by atoms with Crippen molar-refractivity contribution in [2.45, 2.75) is 32.7 Å². The van der Waals surface area contributed by atoms with Gasteiger partial charge in [0, 0.05) is 12.6 Å². The van der Waals surface area contributed by atoms with Crippen molar-refractivity contribution >= 4 is 16.8 Å². The van der Waals surface area contributed by atoms with E-state index in [1.807, 2.05) is 43.3 Å². The van der Waals surface area contributed by atoms with Crippen LogP contribution >= 0.6 is 0 Å². The van der Waals surface area contributed by atoms with Crippen molar-refractivity contribution in [2.24, 2.45) is 0 Å². The van der Waals surface area contributed by atoms with Crippen molar-refractivity contribution in [3.8, 4) is 5.69 Å². The van der Waals surface area contributed by atoms with Gasteiger partial charge in [0.2, 0.25) is 0 Å². The lowest BCUT2D eigenvalue weighted by Gasteiger charge is -2.29. The number of carbonyl (C=O) groups is 1. The highest BCUT2D eigenvalue weighted by molar-refractivity contribution is 5.94. The molecule has 0 saturated carbocycles. The maximum absolute atomic E-state index is 13.6. The lowest BCUT2D eigenvalue weighted by atomic mass is 10.1. The lowest BCUT2D eigenvalue weighted by molar-refractivity contribution is 0.0717. The smallest absolute Gasteiger partial charge is 0.266 e. The number of hydrogen-bond acceptors (Lipinski definition) is 3. The second-order valence-electron chi connectivity index (χ2n) is 7.99. The zero-order chi connectivity index (χ0) is 23.5. The Hall–Kier alpha value is -3.80. The van der Waals surface area contributed by atoms with Crippen LogP contribution < -0.4 is 5.56 Å². The molecule has 5 nitrogen and oxygen atoms in total. The van der Waals surface area contributed by atoms with E-state index in [9.17, 15) is 14.0 Å². The third-order valence-corrected chi connectivity index (χ3v) is 5.97. The molecule has 33 heavy (non-hydrogen) atoms. The Morgan fingerprint density at radius 3 is 2.30 bits per heavy atom. The zero-order valence-corrected chi connectivity index (χ0v) is 19.0. The van der Waals surface area contributed by atoms with Crippen LogP contribution in [-0.4, -0.2) is 27.4 Å². The predicted molar refractivity (Wildman–Crippen MR) is 128 cm³/mol. The summed E-state index contributed by atoms with van der Waals surface area (Å²) in [5.74, 6) is -0.178. The first kappa shape index (κ1) is 22.4. The molecule has 1 heterocycles. The summed E-state index contributed by atoms with van der Waals surface area (Å²) in [4.78, 5) is 33.2. The first-order valence-electron chi connectivity index (χ1n) is 11.1. The Labute approximate surface area is 192 Å². The molecular formula is C27H26FN3O2. The molecule has 3 aromatic carbocycles. The standard InChI is InChI=1S/C27H26FN3O2/c1-4-18-10-16-21(17-11-18)31-25(29-23-9-7-6-8-22(23)27(31)33)24(5-2)30(3)26(32)19-12-14-20(28)15-13-19/h6-17,24H,4-5H2,1-3H3. The summed E-state index contributed by atoms with van der Waals surface area (Å²) in [6, 6.07) is 20.0. The van der Waals surface area contributed by atoms with Gasteiger partial charge in [0.15, 0.2) is 0 Å². The molecule has 6 heteroatoms. The Kier molecular flexibility index (Phi) is 6.36. The predicted octanol–water partition coefficient (Wildman–Crippen LogP) is 5.31. The molecule has 0 saturated heterocycles. The average Bonchev–Trinajstić information content (AvgIpc) is 2.85. The van der Waals surface area contributed by atoms with E-state index in [1.165, 1.54) is 24.3 Å². The monoisotopic (exact) mass is 443 g/mol. The molecule has 0 aliphatic carbocycles. The molecular weight excluding hydrogens is 417 g/mol. The van der Waals surface area contributed by atoms with Crippen molar-refractivity contribution in [2.75, 3.05) is 7.05 Å². The summed E-state index contributed by atoms with van der Waals surface area (Å²) in [6.45, 7) is 4.03. The molecule has 0 radical (unpaired) electrons. The van der Waals surface area contributed by atoms with E-state index >= 15 is 0 Å². The van der Waals surface area contributed by atoms with Crippen LogP contribution in [0, 0.1) is 5.82 Å². The van der Waals surface area contributed by atoms with Crippen molar-refractivity contribution in [3.63, 3.8) is 0 Å². The number of amides is 1. The van der Waals surface area contributed by atoms with Gasteiger partial charge in [-0.3, -0.25) is 14.2 Å². The number of rotatable bonds is 6. The van der Waals surface area contributed by atoms with Crippen LogP contribution in [0.4, 0.5) is 4.39 Å². The molecule has 1 atom stereocenters. The van der Waals surface area contributed by atoms with Gasteiger partial charge in [0.05, 0.1) is 22.6 Å². The Morgan fingerprint density at radius 2 is 1.67 bits per heavy atom. The lowest BCUT2D eigenvalue weighted by Crippen LogP contribution is -2.36. The van der Waals surface area contributed by atoms with E-state index in [1.54, 1.807) is 28.6 Å². The van der Waals surface area contributed by atoms with E-state index < -0.39 is 11.9 Å². The molecule has 0 aliphatic heterocycles. The number of benzene rings is 3. The second kappa shape index (κ2) is 9.36. The van der Waals surface area contributed by atoms with E-state index in [4.69, 9.17) is 4.98 Å². The maximum atomic E-state index is 13.6. The van der Waals surface area contributed by atoms with Gasteiger partial charge in [-0.1, -0.05) is 38.1 Å². The number of hydrogen-bond donors (Lipinski definition) is 0. The summed E-state index contributed by atoms with van der Waals surface area (Å²) < 4.78 is 15.0. The highest BCUT2D eigenvalue weighted by atomic mass is 19.1. The summed E-state index contributed by atoms with van der Waals surface area (Å²) in [5.41, 5.74) is 2.64. The third-order valence-electron chi connectivity index (χ3n) is 5.97. The fraction of sp³-hybridized carbons (Fsp3) is 0.222. The Balaban J connectivity index is 1.88. The van der Waals surface area contributed by atoms with Gasteiger partial charge in [-0.05, 0) is 66.9 Å². The first-order valence-corrected chi connectivity index (χ1v) is 11.1. The Morgan fingerprint density at radius 1 is 1.00 bits per heavy atom. The molecule has 0 spiro atoms. The van der Waals surface area contributed by atoms with E-state index in [0.29, 0.717) is 34.4 Å². The SMILES string of the molecule is CCc1ccc(-n2c(C(CC)N(C)C(=O)c3ccc(F)cc3)nc3ccccc3c2=O)cc1. The molecule has 1 amide bonds. The van der Waals surface area contributed by atoms with Gasteiger partial charge >= 0.3 is 0 Å². The highest BCUT2D eigenvalue weighted by Gasteiger charge is 2.27. The molecule has 1 unspecified atom stereocenters. The van der Waals surface area contributed by atoms with Gasteiger partial charge in [-0.15, -0.1) is 0 Å².